The van der Waals surface area contributed by atoms with Crippen LogP contribution in [0.5, 0.6) is 0 Å². The Morgan fingerprint density at radius 2 is 2.42 bits per heavy atom. The number of rotatable bonds is 4. The topological polar surface area (TPSA) is 43.1 Å². The molecule has 1 rings (SSSR count). The molecule has 0 fully saturated rings. The monoisotopic (exact) mass is 183 g/mol. The van der Waals surface area contributed by atoms with E-state index in [0.717, 1.165) is 16.9 Å². The molecule has 0 aromatic carbocycles. The normalized spacial score (nSPS) is 10.2. The first-order valence-electron chi connectivity index (χ1n) is 4.02. The molecule has 0 amide bonds. The van der Waals surface area contributed by atoms with E-state index in [-0.39, 0.29) is 5.78 Å². The molecule has 1 aromatic rings. The first-order valence-corrected chi connectivity index (χ1v) is 4.90. The summed E-state index contributed by atoms with van der Waals surface area (Å²) in [5.74, 6) is 0.221. The lowest BCUT2D eigenvalue weighted by Crippen LogP contribution is -2.03. The van der Waals surface area contributed by atoms with E-state index in [4.69, 9.17) is 5.73 Å². The lowest BCUT2D eigenvalue weighted by atomic mass is 10.2. The van der Waals surface area contributed by atoms with Gasteiger partial charge in [0.1, 0.15) is 0 Å². The van der Waals surface area contributed by atoms with Gasteiger partial charge < -0.3 is 5.73 Å². The van der Waals surface area contributed by atoms with Crippen molar-refractivity contribution < 1.29 is 4.79 Å². The molecule has 66 valence electrons. The van der Waals surface area contributed by atoms with Crippen molar-refractivity contribution in [2.45, 2.75) is 19.8 Å². The van der Waals surface area contributed by atoms with E-state index in [1.165, 1.54) is 11.3 Å². The van der Waals surface area contributed by atoms with Gasteiger partial charge in [-0.15, -0.1) is 11.3 Å². The standard InChI is InChI=1S/C9H13NOS/c1-7-5-9(12-6-7)8(11)3-2-4-10/h5-6H,2-4,10H2,1H3. The minimum absolute atomic E-state index is 0.221. The lowest BCUT2D eigenvalue weighted by molar-refractivity contribution is 0.0984. The summed E-state index contributed by atoms with van der Waals surface area (Å²) in [4.78, 5) is 12.2. The summed E-state index contributed by atoms with van der Waals surface area (Å²) in [6.07, 6.45) is 1.37. The van der Waals surface area contributed by atoms with Crippen LogP contribution in [0.2, 0.25) is 0 Å². The van der Waals surface area contributed by atoms with Gasteiger partial charge in [0.25, 0.3) is 0 Å². The third-order valence-corrected chi connectivity index (χ3v) is 2.70. The Morgan fingerprint density at radius 3 is 2.92 bits per heavy atom. The number of thiophene rings is 1. The Bertz CT molecular complexity index is 267. The number of ketones is 1. The van der Waals surface area contributed by atoms with Crippen molar-refractivity contribution in [3.63, 3.8) is 0 Å². The summed E-state index contributed by atoms with van der Waals surface area (Å²) in [7, 11) is 0. The number of hydrogen-bond donors (Lipinski definition) is 1. The van der Waals surface area contributed by atoms with Gasteiger partial charge in [0.15, 0.2) is 5.78 Å². The fourth-order valence-electron chi connectivity index (χ4n) is 0.963. The van der Waals surface area contributed by atoms with E-state index < -0.39 is 0 Å². The third kappa shape index (κ3) is 2.43. The highest BCUT2D eigenvalue weighted by Crippen LogP contribution is 2.15. The van der Waals surface area contributed by atoms with Crippen LogP contribution in [0.25, 0.3) is 0 Å². The van der Waals surface area contributed by atoms with Gasteiger partial charge in [0, 0.05) is 6.42 Å². The molecule has 1 heterocycles. The van der Waals surface area contributed by atoms with Crippen LogP contribution in [-0.2, 0) is 0 Å². The van der Waals surface area contributed by atoms with Gasteiger partial charge in [0.2, 0.25) is 0 Å². The minimum atomic E-state index is 0.221. The molecule has 0 unspecified atom stereocenters. The number of hydrogen-bond acceptors (Lipinski definition) is 3. The average molecular weight is 183 g/mol. The fraction of sp³-hybridized carbons (Fsp3) is 0.444. The van der Waals surface area contributed by atoms with Crippen molar-refractivity contribution in [2.24, 2.45) is 5.73 Å². The van der Waals surface area contributed by atoms with Crippen LogP contribution >= 0.6 is 11.3 Å². The number of Topliss-reactive ketones (excluding diaryl/α,β-unsaturated/α-hetero) is 1. The zero-order valence-corrected chi connectivity index (χ0v) is 7.99. The molecular weight excluding hydrogens is 170 g/mol. The van der Waals surface area contributed by atoms with Gasteiger partial charge in [-0.2, -0.15) is 0 Å². The van der Waals surface area contributed by atoms with Crippen molar-refractivity contribution in [3.05, 3.63) is 21.9 Å². The Balaban J connectivity index is 2.53. The van der Waals surface area contributed by atoms with Crippen LogP contribution < -0.4 is 5.73 Å². The average Bonchev–Trinajstić information content (AvgIpc) is 2.47. The van der Waals surface area contributed by atoms with Crippen LogP contribution in [0.4, 0.5) is 0 Å². The van der Waals surface area contributed by atoms with Crippen LogP contribution in [-0.4, -0.2) is 12.3 Å². The number of nitrogens with two attached hydrogens (primary N) is 1. The predicted octanol–water partition coefficient (Wildman–Crippen LogP) is 1.98. The Kier molecular flexibility index (Phi) is 3.44. The first-order chi connectivity index (χ1) is 5.74. The van der Waals surface area contributed by atoms with Crippen LogP contribution in [0.3, 0.4) is 0 Å². The van der Waals surface area contributed by atoms with E-state index in [1.54, 1.807) is 0 Å². The molecule has 0 saturated carbocycles. The third-order valence-electron chi connectivity index (χ3n) is 1.61. The molecule has 12 heavy (non-hydrogen) atoms. The number of carbonyl (C=O) groups excluding carboxylic acids is 1. The van der Waals surface area contributed by atoms with Gasteiger partial charge in [-0.05, 0) is 36.9 Å². The Hall–Kier alpha value is -0.670. The highest BCUT2D eigenvalue weighted by atomic mass is 32.1. The first kappa shape index (κ1) is 9.42. The van der Waals surface area contributed by atoms with Gasteiger partial charge in [-0.25, -0.2) is 0 Å². The summed E-state index contributed by atoms with van der Waals surface area (Å²) in [5.41, 5.74) is 6.47. The second-order valence-electron chi connectivity index (χ2n) is 2.80. The fourth-order valence-corrected chi connectivity index (χ4v) is 1.83. The predicted molar refractivity (Wildman–Crippen MR) is 51.7 cm³/mol. The highest BCUT2D eigenvalue weighted by Gasteiger charge is 2.06. The molecule has 0 aliphatic carbocycles. The SMILES string of the molecule is Cc1csc(C(=O)CCCN)c1. The summed E-state index contributed by atoms with van der Waals surface area (Å²) < 4.78 is 0. The molecule has 2 nitrogen and oxygen atoms in total. The molecule has 0 aliphatic heterocycles. The second-order valence-corrected chi connectivity index (χ2v) is 3.71. The molecule has 0 radical (unpaired) electrons. The molecule has 0 atom stereocenters. The molecule has 0 saturated heterocycles. The van der Waals surface area contributed by atoms with Crippen LogP contribution in [0.15, 0.2) is 11.4 Å². The quantitative estimate of drug-likeness (QED) is 0.725. The molecule has 2 N–H and O–H groups in total. The maximum Gasteiger partial charge on any atom is 0.172 e. The van der Waals surface area contributed by atoms with Gasteiger partial charge in [-0.1, -0.05) is 0 Å². The van der Waals surface area contributed by atoms with Crippen LogP contribution in [0, 0.1) is 6.92 Å². The zero-order valence-electron chi connectivity index (χ0n) is 7.17. The summed E-state index contributed by atoms with van der Waals surface area (Å²) in [5, 5.41) is 2.00. The molecule has 3 heteroatoms. The Labute approximate surface area is 76.4 Å². The van der Waals surface area contributed by atoms with E-state index in [2.05, 4.69) is 0 Å². The largest absolute Gasteiger partial charge is 0.330 e. The van der Waals surface area contributed by atoms with Crippen molar-refractivity contribution >= 4 is 17.1 Å². The molecular formula is C9H13NOS. The Morgan fingerprint density at radius 1 is 1.67 bits per heavy atom. The summed E-state index contributed by atoms with van der Waals surface area (Å²) >= 11 is 1.52. The zero-order chi connectivity index (χ0) is 8.97. The van der Waals surface area contributed by atoms with Crippen molar-refractivity contribution in [2.75, 3.05) is 6.54 Å². The van der Waals surface area contributed by atoms with Gasteiger partial charge in [-0.3, -0.25) is 4.79 Å². The summed E-state index contributed by atoms with van der Waals surface area (Å²) in [6.45, 7) is 2.59. The van der Waals surface area contributed by atoms with E-state index in [9.17, 15) is 4.79 Å². The number of carbonyl (C=O) groups is 1. The molecule has 0 bridgehead atoms. The molecule has 1 aromatic heterocycles. The van der Waals surface area contributed by atoms with Gasteiger partial charge in [0.05, 0.1) is 4.88 Å². The summed E-state index contributed by atoms with van der Waals surface area (Å²) in [6, 6.07) is 1.93. The second kappa shape index (κ2) is 4.38. The minimum Gasteiger partial charge on any atom is -0.330 e. The van der Waals surface area contributed by atoms with Crippen molar-refractivity contribution in [3.8, 4) is 0 Å². The van der Waals surface area contributed by atoms with Crippen molar-refractivity contribution in [1.29, 1.82) is 0 Å². The van der Waals surface area contributed by atoms with E-state index in [0.29, 0.717) is 13.0 Å². The van der Waals surface area contributed by atoms with Crippen LogP contribution in [0.1, 0.15) is 28.1 Å². The molecule has 0 spiro atoms. The van der Waals surface area contributed by atoms with Crippen molar-refractivity contribution in [1.82, 2.24) is 0 Å². The maximum atomic E-state index is 11.4. The highest BCUT2D eigenvalue weighted by molar-refractivity contribution is 7.12. The molecule has 0 aliphatic rings. The lowest BCUT2D eigenvalue weighted by Gasteiger charge is -1.93. The number of aryl methyl sites for hydroxylation is 1. The van der Waals surface area contributed by atoms with E-state index in [1.807, 2.05) is 18.4 Å². The van der Waals surface area contributed by atoms with E-state index >= 15 is 0 Å². The van der Waals surface area contributed by atoms with Gasteiger partial charge >= 0.3 is 0 Å². The maximum absolute atomic E-state index is 11.4. The smallest absolute Gasteiger partial charge is 0.172 e.